The molecule has 6 nitrogen and oxygen atoms in total. The molecular weight excluding hydrogens is 376 g/mol. The Bertz CT molecular complexity index is 919. The molecule has 1 saturated carbocycles. The average molecular weight is 399 g/mol. The number of nitrogens with one attached hydrogen (secondary N) is 1. The number of carbonyl (C=O) groups is 2. The van der Waals surface area contributed by atoms with Crippen molar-refractivity contribution in [2.75, 3.05) is 11.4 Å². The summed E-state index contributed by atoms with van der Waals surface area (Å²) in [6.45, 7) is 2.49. The number of carbonyl (C=O) groups excluding carboxylic acids is 2. The van der Waals surface area contributed by atoms with E-state index >= 15 is 0 Å². The lowest BCUT2D eigenvalue weighted by Gasteiger charge is -2.36. The third-order valence-electron chi connectivity index (χ3n) is 5.80. The van der Waals surface area contributed by atoms with Gasteiger partial charge in [0.1, 0.15) is 5.69 Å². The third kappa shape index (κ3) is 3.61. The second-order valence-electron chi connectivity index (χ2n) is 7.78. The van der Waals surface area contributed by atoms with Crippen LogP contribution in [0.15, 0.2) is 36.7 Å². The summed E-state index contributed by atoms with van der Waals surface area (Å²) >= 11 is 6.10. The predicted molar refractivity (Wildman–Crippen MR) is 107 cm³/mol. The van der Waals surface area contributed by atoms with Gasteiger partial charge >= 0.3 is 0 Å². The number of anilines is 1. The van der Waals surface area contributed by atoms with Gasteiger partial charge in [0.05, 0.1) is 17.3 Å². The van der Waals surface area contributed by atoms with Crippen molar-refractivity contribution in [3.05, 3.63) is 53.1 Å². The van der Waals surface area contributed by atoms with Gasteiger partial charge < -0.3 is 10.2 Å². The van der Waals surface area contributed by atoms with Gasteiger partial charge in [-0.2, -0.15) is 0 Å². The number of halogens is 1. The van der Waals surface area contributed by atoms with Crippen molar-refractivity contribution in [2.24, 2.45) is 5.41 Å². The second kappa shape index (κ2) is 7.51. The molecule has 1 aliphatic carbocycles. The smallest absolute Gasteiger partial charge is 0.271 e. The minimum atomic E-state index is -0.406. The molecule has 1 spiro atoms. The number of hydrogen-bond donors (Lipinski definition) is 1. The van der Waals surface area contributed by atoms with Gasteiger partial charge in [-0.25, -0.2) is 4.98 Å². The minimum Gasteiger partial charge on any atom is -0.348 e. The van der Waals surface area contributed by atoms with Crippen LogP contribution in [0.2, 0.25) is 5.02 Å². The molecule has 2 amide bonds. The van der Waals surface area contributed by atoms with E-state index < -0.39 is 5.41 Å². The Morgan fingerprint density at radius 1 is 1.32 bits per heavy atom. The Hall–Kier alpha value is -2.47. The Kier molecular flexibility index (Phi) is 5.06. The summed E-state index contributed by atoms with van der Waals surface area (Å²) in [4.78, 5) is 36.0. The Morgan fingerprint density at radius 2 is 2.18 bits per heavy atom. The zero-order valence-electron chi connectivity index (χ0n) is 15.8. The molecule has 28 heavy (non-hydrogen) atoms. The first-order valence-corrected chi connectivity index (χ1v) is 10.0. The topological polar surface area (TPSA) is 75.2 Å². The number of benzene rings is 1. The van der Waals surface area contributed by atoms with Gasteiger partial charge in [0.15, 0.2) is 0 Å². The van der Waals surface area contributed by atoms with E-state index in [0.717, 1.165) is 31.4 Å². The molecule has 7 heteroatoms. The van der Waals surface area contributed by atoms with Gasteiger partial charge in [0.25, 0.3) is 5.91 Å². The van der Waals surface area contributed by atoms with Gasteiger partial charge in [-0.15, -0.1) is 0 Å². The SMILES string of the molecule is Cc1cncc(C(=O)N[C@@H]2CCC[C@]3(CCN(c4cccc(Cl)c4)C3=O)C2)n1. The Balaban J connectivity index is 1.47. The first-order chi connectivity index (χ1) is 13.5. The zero-order valence-corrected chi connectivity index (χ0v) is 16.6. The third-order valence-corrected chi connectivity index (χ3v) is 6.04. The number of hydrogen-bond acceptors (Lipinski definition) is 4. The fourth-order valence-electron chi connectivity index (χ4n) is 4.45. The van der Waals surface area contributed by atoms with E-state index in [1.165, 1.54) is 6.20 Å². The lowest BCUT2D eigenvalue weighted by molar-refractivity contribution is -0.127. The van der Waals surface area contributed by atoms with Crippen molar-refractivity contribution in [1.29, 1.82) is 0 Å². The highest BCUT2D eigenvalue weighted by Gasteiger charge is 2.49. The van der Waals surface area contributed by atoms with Gasteiger partial charge in [0, 0.05) is 29.5 Å². The molecule has 0 bridgehead atoms. The maximum absolute atomic E-state index is 13.3. The Labute approximate surface area is 169 Å². The molecule has 1 N–H and O–H groups in total. The number of aromatic nitrogens is 2. The highest BCUT2D eigenvalue weighted by atomic mass is 35.5. The van der Waals surface area contributed by atoms with Crippen molar-refractivity contribution in [3.8, 4) is 0 Å². The largest absolute Gasteiger partial charge is 0.348 e. The molecule has 2 aromatic rings. The van der Waals surface area contributed by atoms with Gasteiger partial charge in [0.2, 0.25) is 5.91 Å². The fraction of sp³-hybridized carbons (Fsp3) is 0.429. The molecule has 0 unspecified atom stereocenters. The number of amides is 2. The molecule has 146 valence electrons. The normalized spacial score (nSPS) is 24.6. The molecule has 2 fully saturated rings. The van der Waals surface area contributed by atoms with Crippen molar-refractivity contribution in [1.82, 2.24) is 15.3 Å². The number of nitrogens with zero attached hydrogens (tertiary/aromatic N) is 3. The highest BCUT2D eigenvalue weighted by Crippen LogP contribution is 2.46. The molecule has 2 aliphatic rings. The summed E-state index contributed by atoms with van der Waals surface area (Å²) in [5.41, 5.74) is 1.46. The van der Waals surface area contributed by atoms with Crippen LogP contribution in [0.3, 0.4) is 0 Å². The number of aryl methyl sites for hydroxylation is 1. The average Bonchev–Trinajstić information content (AvgIpc) is 2.97. The van der Waals surface area contributed by atoms with Crippen molar-refractivity contribution >= 4 is 29.1 Å². The van der Waals surface area contributed by atoms with E-state index in [2.05, 4.69) is 15.3 Å². The van der Waals surface area contributed by atoms with Crippen LogP contribution in [0.4, 0.5) is 5.69 Å². The van der Waals surface area contributed by atoms with E-state index in [4.69, 9.17) is 11.6 Å². The van der Waals surface area contributed by atoms with Gasteiger partial charge in [-0.1, -0.05) is 24.1 Å². The van der Waals surface area contributed by atoms with Crippen LogP contribution >= 0.6 is 11.6 Å². The molecule has 1 aromatic heterocycles. The molecular formula is C21H23ClN4O2. The monoisotopic (exact) mass is 398 g/mol. The van der Waals surface area contributed by atoms with Crippen LogP contribution < -0.4 is 10.2 Å². The second-order valence-corrected chi connectivity index (χ2v) is 8.22. The maximum atomic E-state index is 13.3. The quantitative estimate of drug-likeness (QED) is 0.858. The fourth-order valence-corrected chi connectivity index (χ4v) is 4.63. The lowest BCUT2D eigenvalue weighted by atomic mass is 9.71. The summed E-state index contributed by atoms with van der Waals surface area (Å²) in [5, 5.41) is 3.69. The summed E-state index contributed by atoms with van der Waals surface area (Å²) in [6.07, 6.45) is 7.20. The van der Waals surface area contributed by atoms with E-state index in [1.54, 1.807) is 13.1 Å². The standard InChI is InChI=1S/C21H23ClN4O2/c1-14-12-23-13-18(24-14)19(27)25-16-5-3-7-21(11-16)8-9-26(20(21)28)17-6-2-4-15(22)10-17/h2,4,6,10,12-13,16H,3,5,7-9,11H2,1H3,(H,25,27)/t16-,21+/m1/s1. The molecule has 1 aromatic carbocycles. The van der Waals surface area contributed by atoms with Gasteiger partial charge in [-0.3, -0.25) is 14.6 Å². The van der Waals surface area contributed by atoms with Gasteiger partial charge in [-0.05, 0) is 50.8 Å². The van der Waals surface area contributed by atoms with Crippen molar-refractivity contribution in [3.63, 3.8) is 0 Å². The summed E-state index contributed by atoms with van der Waals surface area (Å²) in [7, 11) is 0. The molecule has 2 atom stereocenters. The van der Waals surface area contributed by atoms with E-state index in [-0.39, 0.29) is 17.9 Å². The lowest BCUT2D eigenvalue weighted by Crippen LogP contribution is -2.46. The van der Waals surface area contributed by atoms with Crippen LogP contribution in [0.25, 0.3) is 0 Å². The summed E-state index contributed by atoms with van der Waals surface area (Å²) < 4.78 is 0. The molecule has 0 radical (unpaired) electrons. The number of rotatable bonds is 3. The van der Waals surface area contributed by atoms with Crippen molar-refractivity contribution in [2.45, 2.75) is 45.1 Å². The molecule has 1 aliphatic heterocycles. The van der Waals surface area contributed by atoms with Crippen LogP contribution in [0.5, 0.6) is 0 Å². The first kappa shape index (κ1) is 18.9. The molecule has 1 saturated heterocycles. The van der Waals surface area contributed by atoms with E-state index in [1.807, 2.05) is 29.2 Å². The highest BCUT2D eigenvalue weighted by molar-refractivity contribution is 6.31. The van der Waals surface area contributed by atoms with Crippen LogP contribution in [-0.4, -0.2) is 34.4 Å². The van der Waals surface area contributed by atoms with Crippen LogP contribution in [0, 0.1) is 12.3 Å². The molecule has 2 heterocycles. The predicted octanol–water partition coefficient (Wildman–Crippen LogP) is 3.53. The Morgan fingerprint density at radius 3 is 2.96 bits per heavy atom. The van der Waals surface area contributed by atoms with E-state index in [0.29, 0.717) is 29.4 Å². The maximum Gasteiger partial charge on any atom is 0.271 e. The zero-order chi connectivity index (χ0) is 19.7. The minimum absolute atomic E-state index is 0.0353. The van der Waals surface area contributed by atoms with E-state index in [9.17, 15) is 9.59 Å². The summed E-state index contributed by atoms with van der Waals surface area (Å²) in [5.74, 6) is -0.0838. The first-order valence-electron chi connectivity index (χ1n) is 9.64. The van der Waals surface area contributed by atoms with Crippen LogP contribution in [-0.2, 0) is 4.79 Å². The van der Waals surface area contributed by atoms with Crippen LogP contribution in [0.1, 0.15) is 48.3 Å². The van der Waals surface area contributed by atoms with Crippen molar-refractivity contribution < 1.29 is 9.59 Å². The summed E-state index contributed by atoms with van der Waals surface area (Å²) in [6, 6.07) is 7.38. The molecule has 4 rings (SSSR count).